The van der Waals surface area contributed by atoms with Gasteiger partial charge in [-0.05, 0) is 29.8 Å². The molecule has 0 fully saturated rings. The van der Waals surface area contributed by atoms with Crippen LogP contribution in [-0.2, 0) is 16.1 Å². The second kappa shape index (κ2) is 7.13. The molecule has 0 aliphatic heterocycles. The first kappa shape index (κ1) is 13.9. The Hall–Kier alpha value is -2.56. The van der Waals surface area contributed by atoms with E-state index in [1.165, 1.54) is 0 Å². The molecule has 1 heterocycles. The molecule has 0 spiro atoms. The lowest BCUT2D eigenvalue weighted by Gasteiger charge is -2.08. The summed E-state index contributed by atoms with van der Waals surface area (Å²) in [5.41, 5.74) is 7.18. The van der Waals surface area contributed by atoms with Crippen LogP contribution >= 0.6 is 0 Å². The van der Waals surface area contributed by atoms with Crippen molar-refractivity contribution in [2.24, 2.45) is 0 Å². The molecule has 0 atom stereocenters. The molecule has 2 N–H and O–H groups in total. The van der Waals surface area contributed by atoms with Crippen LogP contribution in [0, 0.1) is 0 Å². The summed E-state index contributed by atoms with van der Waals surface area (Å²) in [6.07, 6.45) is 3.49. The van der Waals surface area contributed by atoms with E-state index < -0.39 is 0 Å². The summed E-state index contributed by atoms with van der Waals surface area (Å²) in [5, 5.41) is 0. The SMILES string of the molecule is Nc1ccccc1OCCC(=O)OCc1ccncc1. The van der Waals surface area contributed by atoms with Crippen molar-refractivity contribution in [3.8, 4) is 5.75 Å². The van der Waals surface area contributed by atoms with E-state index in [0.29, 0.717) is 11.4 Å². The predicted molar refractivity (Wildman–Crippen MR) is 75.0 cm³/mol. The molecule has 0 unspecified atom stereocenters. The van der Waals surface area contributed by atoms with E-state index in [0.717, 1.165) is 5.56 Å². The zero-order chi connectivity index (χ0) is 14.2. The Labute approximate surface area is 117 Å². The number of para-hydroxylation sites is 2. The summed E-state index contributed by atoms with van der Waals surface area (Å²) in [5.74, 6) is 0.269. The third-order valence-corrected chi connectivity index (χ3v) is 2.63. The largest absolute Gasteiger partial charge is 0.491 e. The summed E-state index contributed by atoms with van der Waals surface area (Å²) in [4.78, 5) is 15.4. The molecule has 2 aromatic rings. The summed E-state index contributed by atoms with van der Waals surface area (Å²) in [6.45, 7) is 0.484. The minimum atomic E-state index is -0.309. The number of nitrogen functional groups attached to an aromatic ring is 1. The number of ether oxygens (including phenoxy) is 2. The fourth-order valence-electron chi connectivity index (χ4n) is 1.57. The molecule has 5 heteroatoms. The highest BCUT2D eigenvalue weighted by molar-refractivity contribution is 5.69. The fourth-order valence-corrected chi connectivity index (χ4v) is 1.57. The third kappa shape index (κ3) is 4.28. The van der Waals surface area contributed by atoms with Crippen LogP contribution in [0.25, 0.3) is 0 Å². The maximum Gasteiger partial charge on any atom is 0.309 e. The second-order valence-electron chi connectivity index (χ2n) is 4.15. The highest BCUT2D eigenvalue weighted by Crippen LogP contribution is 2.19. The van der Waals surface area contributed by atoms with Gasteiger partial charge in [0.1, 0.15) is 12.4 Å². The maximum absolute atomic E-state index is 11.5. The number of carbonyl (C=O) groups is 1. The van der Waals surface area contributed by atoms with Gasteiger partial charge >= 0.3 is 5.97 Å². The Bertz CT molecular complexity index is 558. The molecule has 0 saturated heterocycles. The quantitative estimate of drug-likeness (QED) is 0.644. The molecule has 0 saturated carbocycles. The van der Waals surface area contributed by atoms with E-state index in [9.17, 15) is 4.79 Å². The Morgan fingerprint density at radius 1 is 1.15 bits per heavy atom. The average Bonchev–Trinajstić information content (AvgIpc) is 2.48. The second-order valence-corrected chi connectivity index (χ2v) is 4.15. The normalized spacial score (nSPS) is 10.0. The molecule has 2 rings (SSSR count). The smallest absolute Gasteiger partial charge is 0.309 e. The highest BCUT2D eigenvalue weighted by Gasteiger charge is 2.05. The lowest BCUT2D eigenvalue weighted by molar-refractivity contribution is -0.145. The number of anilines is 1. The van der Waals surface area contributed by atoms with E-state index in [1.54, 1.807) is 36.7 Å². The van der Waals surface area contributed by atoms with E-state index in [-0.39, 0.29) is 25.6 Å². The highest BCUT2D eigenvalue weighted by atomic mass is 16.5. The first-order chi connectivity index (χ1) is 9.75. The first-order valence-corrected chi connectivity index (χ1v) is 6.27. The van der Waals surface area contributed by atoms with Crippen molar-refractivity contribution in [3.05, 3.63) is 54.4 Å². The van der Waals surface area contributed by atoms with Crippen molar-refractivity contribution < 1.29 is 14.3 Å². The van der Waals surface area contributed by atoms with Gasteiger partial charge in [-0.3, -0.25) is 9.78 Å². The maximum atomic E-state index is 11.5. The number of nitrogens with two attached hydrogens (primary N) is 1. The molecule has 1 aromatic heterocycles. The Kier molecular flexibility index (Phi) is 4.94. The van der Waals surface area contributed by atoms with Gasteiger partial charge in [-0.1, -0.05) is 12.1 Å². The van der Waals surface area contributed by atoms with Crippen molar-refractivity contribution in [3.63, 3.8) is 0 Å². The van der Waals surface area contributed by atoms with Crippen LogP contribution < -0.4 is 10.5 Å². The van der Waals surface area contributed by atoms with Crippen LogP contribution in [0.15, 0.2) is 48.8 Å². The van der Waals surface area contributed by atoms with Crippen LogP contribution in [0.4, 0.5) is 5.69 Å². The number of nitrogens with zero attached hydrogens (tertiary/aromatic N) is 1. The molecular weight excluding hydrogens is 256 g/mol. The van der Waals surface area contributed by atoms with Gasteiger partial charge in [0.05, 0.1) is 18.7 Å². The van der Waals surface area contributed by atoms with Gasteiger partial charge in [-0.15, -0.1) is 0 Å². The van der Waals surface area contributed by atoms with Gasteiger partial charge in [0.25, 0.3) is 0 Å². The summed E-state index contributed by atoms with van der Waals surface area (Å²) >= 11 is 0. The fraction of sp³-hybridized carbons (Fsp3) is 0.200. The van der Waals surface area contributed by atoms with Crippen molar-refractivity contribution in [2.75, 3.05) is 12.3 Å². The minimum Gasteiger partial charge on any atom is -0.491 e. The Morgan fingerprint density at radius 3 is 2.65 bits per heavy atom. The van der Waals surface area contributed by atoms with E-state index in [1.807, 2.05) is 12.1 Å². The van der Waals surface area contributed by atoms with Gasteiger partial charge in [0, 0.05) is 12.4 Å². The monoisotopic (exact) mass is 272 g/mol. The predicted octanol–water partition coefficient (Wildman–Crippen LogP) is 2.18. The van der Waals surface area contributed by atoms with E-state index in [4.69, 9.17) is 15.2 Å². The van der Waals surface area contributed by atoms with E-state index in [2.05, 4.69) is 4.98 Å². The Morgan fingerprint density at radius 2 is 1.90 bits per heavy atom. The standard InChI is InChI=1S/C15H16N2O3/c16-13-3-1-2-4-14(13)19-10-7-15(18)20-11-12-5-8-17-9-6-12/h1-6,8-9H,7,10-11,16H2. The van der Waals surface area contributed by atoms with Gasteiger partial charge in [0.15, 0.2) is 0 Å². The number of pyridine rings is 1. The number of rotatable bonds is 6. The summed E-state index contributed by atoms with van der Waals surface area (Å²) in [6, 6.07) is 10.8. The van der Waals surface area contributed by atoms with Crippen LogP contribution in [-0.4, -0.2) is 17.6 Å². The van der Waals surface area contributed by atoms with Crippen LogP contribution in [0.3, 0.4) is 0 Å². The molecular formula is C15H16N2O3. The number of hydrogen-bond donors (Lipinski definition) is 1. The number of aromatic nitrogens is 1. The molecule has 0 aliphatic carbocycles. The molecule has 0 amide bonds. The molecule has 5 nitrogen and oxygen atoms in total. The average molecular weight is 272 g/mol. The van der Waals surface area contributed by atoms with Gasteiger partial charge < -0.3 is 15.2 Å². The van der Waals surface area contributed by atoms with Crippen molar-refractivity contribution >= 4 is 11.7 Å². The first-order valence-electron chi connectivity index (χ1n) is 6.27. The molecule has 0 radical (unpaired) electrons. The lowest BCUT2D eigenvalue weighted by atomic mass is 10.3. The number of carbonyl (C=O) groups excluding carboxylic acids is 1. The van der Waals surface area contributed by atoms with Crippen molar-refractivity contribution in [1.29, 1.82) is 0 Å². The molecule has 0 aliphatic rings. The van der Waals surface area contributed by atoms with Crippen LogP contribution in [0.1, 0.15) is 12.0 Å². The van der Waals surface area contributed by atoms with Crippen molar-refractivity contribution in [2.45, 2.75) is 13.0 Å². The van der Waals surface area contributed by atoms with Gasteiger partial charge in [-0.25, -0.2) is 0 Å². The van der Waals surface area contributed by atoms with Gasteiger partial charge in [0.2, 0.25) is 0 Å². The number of hydrogen-bond acceptors (Lipinski definition) is 5. The molecule has 0 bridgehead atoms. The van der Waals surface area contributed by atoms with Gasteiger partial charge in [-0.2, -0.15) is 0 Å². The summed E-state index contributed by atoms with van der Waals surface area (Å²) < 4.78 is 10.5. The summed E-state index contributed by atoms with van der Waals surface area (Å²) in [7, 11) is 0. The van der Waals surface area contributed by atoms with Crippen LogP contribution in [0.2, 0.25) is 0 Å². The number of esters is 1. The molecule has 1 aromatic carbocycles. The molecule has 20 heavy (non-hydrogen) atoms. The lowest BCUT2D eigenvalue weighted by Crippen LogP contribution is -2.10. The molecule has 104 valence electrons. The Balaban J connectivity index is 1.69. The third-order valence-electron chi connectivity index (χ3n) is 2.63. The zero-order valence-corrected chi connectivity index (χ0v) is 11.0. The van der Waals surface area contributed by atoms with Crippen LogP contribution in [0.5, 0.6) is 5.75 Å². The minimum absolute atomic E-state index is 0.180. The number of benzene rings is 1. The zero-order valence-electron chi connectivity index (χ0n) is 11.0. The van der Waals surface area contributed by atoms with Crippen molar-refractivity contribution in [1.82, 2.24) is 4.98 Å². The topological polar surface area (TPSA) is 74.4 Å². The van der Waals surface area contributed by atoms with E-state index >= 15 is 0 Å².